The zero-order chi connectivity index (χ0) is 18.8. The lowest BCUT2D eigenvalue weighted by atomic mass is 10.1. The van der Waals surface area contributed by atoms with E-state index in [1.807, 2.05) is 29.0 Å². The quantitative estimate of drug-likeness (QED) is 0.876. The Balaban J connectivity index is 1.40. The number of ether oxygens (including phenoxy) is 1. The Morgan fingerprint density at radius 3 is 2.96 bits per heavy atom. The average Bonchev–Trinajstić information content (AvgIpc) is 2.93. The predicted molar refractivity (Wildman–Crippen MR) is 99.6 cm³/mol. The minimum absolute atomic E-state index is 0.00141. The van der Waals surface area contributed by atoms with Crippen molar-refractivity contribution in [1.29, 1.82) is 0 Å². The highest BCUT2D eigenvalue weighted by Gasteiger charge is 2.23. The second-order valence-electron chi connectivity index (χ2n) is 6.99. The minimum atomic E-state index is -0.178. The van der Waals surface area contributed by atoms with Crippen molar-refractivity contribution in [2.45, 2.75) is 13.0 Å². The minimum Gasteiger partial charge on any atom is -0.482 e. The van der Waals surface area contributed by atoms with Crippen LogP contribution in [0.4, 0.5) is 5.69 Å². The Bertz CT molecular complexity index is 863. The Morgan fingerprint density at radius 2 is 2.15 bits per heavy atom. The molecule has 0 aliphatic carbocycles. The van der Waals surface area contributed by atoms with E-state index in [2.05, 4.69) is 15.3 Å². The number of fused-ring (bicyclic) bond motifs is 1. The van der Waals surface area contributed by atoms with Crippen LogP contribution >= 0.6 is 0 Å². The first-order chi connectivity index (χ1) is 13.1. The first-order valence-corrected chi connectivity index (χ1v) is 9.14. The molecule has 0 bridgehead atoms. The summed E-state index contributed by atoms with van der Waals surface area (Å²) < 4.78 is 7.23. The van der Waals surface area contributed by atoms with Gasteiger partial charge < -0.3 is 15.0 Å². The van der Waals surface area contributed by atoms with E-state index in [9.17, 15) is 9.59 Å². The van der Waals surface area contributed by atoms with E-state index in [1.54, 1.807) is 18.2 Å². The molecular weight excluding hydrogens is 346 g/mol. The van der Waals surface area contributed by atoms with Gasteiger partial charge in [0, 0.05) is 57.1 Å². The second-order valence-corrected chi connectivity index (χ2v) is 6.99. The van der Waals surface area contributed by atoms with Crippen LogP contribution < -0.4 is 10.1 Å². The number of aromatic nitrogens is 2. The molecule has 0 saturated carbocycles. The lowest BCUT2D eigenvalue weighted by molar-refractivity contribution is -0.118. The summed E-state index contributed by atoms with van der Waals surface area (Å²) in [6.07, 6.45) is 4.85. The topological polar surface area (TPSA) is 79.7 Å². The van der Waals surface area contributed by atoms with Crippen molar-refractivity contribution in [3.05, 3.63) is 41.7 Å². The molecular formula is C19H23N5O3. The lowest BCUT2D eigenvalue weighted by Gasteiger charge is -2.23. The van der Waals surface area contributed by atoms with Gasteiger partial charge in [-0.2, -0.15) is 5.10 Å². The van der Waals surface area contributed by atoms with Gasteiger partial charge >= 0.3 is 0 Å². The van der Waals surface area contributed by atoms with Crippen LogP contribution in [0.25, 0.3) is 0 Å². The van der Waals surface area contributed by atoms with Crippen LogP contribution in [0.15, 0.2) is 30.6 Å². The van der Waals surface area contributed by atoms with E-state index in [4.69, 9.17) is 4.74 Å². The molecule has 0 unspecified atom stereocenters. The molecule has 8 nitrogen and oxygen atoms in total. The number of amides is 2. The second kappa shape index (κ2) is 7.40. The first-order valence-electron chi connectivity index (χ1n) is 9.14. The number of nitrogens with one attached hydrogen (secondary N) is 1. The Kier molecular flexibility index (Phi) is 4.81. The normalized spacial score (nSPS) is 17.7. The summed E-state index contributed by atoms with van der Waals surface area (Å²) in [5.74, 6) is 0.373. The molecule has 0 radical (unpaired) electrons. The summed E-state index contributed by atoms with van der Waals surface area (Å²) in [4.78, 5) is 28.5. The highest BCUT2D eigenvalue weighted by molar-refractivity contribution is 5.99. The number of carbonyl (C=O) groups is 2. The number of carbonyl (C=O) groups excluding carboxylic acids is 2. The molecule has 1 N–H and O–H groups in total. The molecule has 2 aliphatic rings. The van der Waals surface area contributed by atoms with Gasteiger partial charge in [-0.15, -0.1) is 0 Å². The lowest BCUT2D eigenvalue weighted by Crippen LogP contribution is -2.35. The molecule has 1 saturated heterocycles. The molecule has 1 fully saturated rings. The van der Waals surface area contributed by atoms with Crippen LogP contribution in [-0.2, 0) is 18.4 Å². The molecule has 1 aromatic carbocycles. The summed E-state index contributed by atoms with van der Waals surface area (Å²) >= 11 is 0. The zero-order valence-electron chi connectivity index (χ0n) is 15.4. The van der Waals surface area contributed by atoms with Crippen LogP contribution in [0, 0.1) is 0 Å². The van der Waals surface area contributed by atoms with E-state index in [0.717, 1.165) is 32.6 Å². The number of anilines is 1. The summed E-state index contributed by atoms with van der Waals surface area (Å²) in [5.41, 5.74) is 2.39. The van der Waals surface area contributed by atoms with Crippen molar-refractivity contribution >= 4 is 17.5 Å². The van der Waals surface area contributed by atoms with E-state index in [1.165, 1.54) is 5.56 Å². The average molecular weight is 369 g/mol. The van der Waals surface area contributed by atoms with E-state index < -0.39 is 0 Å². The SMILES string of the molecule is Cn1cc(CN2CCCN(C(=O)c3ccc4c(c3)OCC(=O)N4)CC2)cn1. The maximum Gasteiger partial charge on any atom is 0.262 e. The van der Waals surface area contributed by atoms with Crippen LogP contribution in [0.5, 0.6) is 5.75 Å². The van der Waals surface area contributed by atoms with Crippen molar-refractivity contribution < 1.29 is 14.3 Å². The third-order valence-electron chi connectivity index (χ3n) is 4.90. The van der Waals surface area contributed by atoms with Crippen molar-refractivity contribution in [2.24, 2.45) is 7.05 Å². The Morgan fingerprint density at radius 1 is 1.26 bits per heavy atom. The maximum atomic E-state index is 12.9. The van der Waals surface area contributed by atoms with Crippen LogP contribution in [-0.4, -0.2) is 64.2 Å². The van der Waals surface area contributed by atoms with Crippen molar-refractivity contribution in [2.75, 3.05) is 38.1 Å². The van der Waals surface area contributed by atoms with Crippen molar-refractivity contribution in [1.82, 2.24) is 19.6 Å². The van der Waals surface area contributed by atoms with Gasteiger partial charge in [-0.05, 0) is 24.6 Å². The molecule has 2 amide bonds. The van der Waals surface area contributed by atoms with Gasteiger partial charge in [0.25, 0.3) is 11.8 Å². The van der Waals surface area contributed by atoms with Crippen molar-refractivity contribution in [3.8, 4) is 5.75 Å². The van der Waals surface area contributed by atoms with Gasteiger partial charge in [0.15, 0.2) is 6.61 Å². The number of benzene rings is 1. The molecule has 0 atom stereocenters. The number of hydrogen-bond acceptors (Lipinski definition) is 5. The fraction of sp³-hybridized carbons (Fsp3) is 0.421. The Labute approximate surface area is 157 Å². The summed E-state index contributed by atoms with van der Waals surface area (Å²) in [6, 6.07) is 5.19. The zero-order valence-corrected chi connectivity index (χ0v) is 15.4. The van der Waals surface area contributed by atoms with E-state index in [-0.39, 0.29) is 18.4 Å². The largest absolute Gasteiger partial charge is 0.482 e. The summed E-state index contributed by atoms with van der Waals surface area (Å²) in [5, 5.41) is 6.96. The summed E-state index contributed by atoms with van der Waals surface area (Å²) in [6.45, 7) is 4.04. The number of nitrogens with zero attached hydrogens (tertiary/aromatic N) is 4. The molecule has 142 valence electrons. The predicted octanol–water partition coefficient (Wildman–Crippen LogP) is 1.10. The molecule has 3 heterocycles. The van der Waals surface area contributed by atoms with Crippen LogP contribution in [0.1, 0.15) is 22.3 Å². The number of aryl methyl sites for hydroxylation is 1. The smallest absolute Gasteiger partial charge is 0.262 e. The first kappa shape index (κ1) is 17.5. The maximum absolute atomic E-state index is 12.9. The molecule has 4 rings (SSSR count). The van der Waals surface area contributed by atoms with E-state index in [0.29, 0.717) is 23.5 Å². The molecule has 2 aliphatic heterocycles. The van der Waals surface area contributed by atoms with Gasteiger partial charge in [0.05, 0.1) is 11.9 Å². The van der Waals surface area contributed by atoms with Crippen molar-refractivity contribution in [3.63, 3.8) is 0 Å². The van der Waals surface area contributed by atoms with Crippen LogP contribution in [0.3, 0.4) is 0 Å². The van der Waals surface area contributed by atoms with Gasteiger partial charge in [-0.25, -0.2) is 0 Å². The molecule has 1 aromatic heterocycles. The van der Waals surface area contributed by atoms with Crippen LogP contribution in [0.2, 0.25) is 0 Å². The van der Waals surface area contributed by atoms with Gasteiger partial charge in [-0.1, -0.05) is 0 Å². The Hall–Kier alpha value is -2.87. The third-order valence-corrected chi connectivity index (χ3v) is 4.90. The number of rotatable bonds is 3. The molecule has 27 heavy (non-hydrogen) atoms. The number of hydrogen-bond donors (Lipinski definition) is 1. The molecule has 2 aromatic rings. The molecule has 8 heteroatoms. The fourth-order valence-electron chi connectivity index (χ4n) is 3.53. The fourth-order valence-corrected chi connectivity index (χ4v) is 3.53. The third kappa shape index (κ3) is 3.95. The standard InChI is InChI=1S/C19H23N5O3/c1-22-11-14(10-20-22)12-23-5-2-6-24(8-7-23)19(26)15-3-4-16-17(9-15)27-13-18(25)21-16/h3-4,9-11H,2,5-8,12-13H2,1H3,(H,21,25). The van der Waals surface area contributed by atoms with E-state index >= 15 is 0 Å². The summed E-state index contributed by atoms with van der Waals surface area (Å²) in [7, 11) is 1.92. The highest BCUT2D eigenvalue weighted by atomic mass is 16.5. The highest BCUT2D eigenvalue weighted by Crippen LogP contribution is 2.29. The molecule has 0 spiro atoms. The van der Waals surface area contributed by atoms with Gasteiger partial charge in [0.1, 0.15) is 5.75 Å². The monoisotopic (exact) mass is 369 g/mol. The van der Waals surface area contributed by atoms with Gasteiger partial charge in [0.2, 0.25) is 0 Å². The van der Waals surface area contributed by atoms with Gasteiger partial charge in [-0.3, -0.25) is 19.2 Å².